The van der Waals surface area contributed by atoms with E-state index >= 15 is 0 Å². The van der Waals surface area contributed by atoms with Gasteiger partial charge in [-0.05, 0) is 33.8 Å². The van der Waals surface area contributed by atoms with Gasteiger partial charge in [-0.15, -0.1) is 0 Å². The molecule has 1 nitrogen and oxygen atoms in total. The van der Waals surface area contributed by atoms with Crippen LogP contribution in [0.3, 0.4) is 0 Å². The van der Waals surface area contributed by atoms with Crippen molar-refractivity contribution < 1.29 is 0 Å². The molecule has 0 spiro atoms. The molecule has 0 aliphatic carbocycles. The van der Waals surface area contributed by atoms with Crippen molar-refractivity contribution in [1.82, 2.24) is 5.32 Å². The highest BCUT2D eigenvalue weighted by molar-refractivity contribution is 5.19. The molecule has 1 N–H and O–H groups in total. The van der Waals surface area contributed by atoms with E-state index in [0.29, 0.717) is 0 Å². The predicted octanol–water partition coefficient (Wildman–Crippen LogP) is 2.47. The summed E-state index contributed by atoms with van der Waals surface area (Å²) in [6.45, 7) is 9.32. The molecule has 10 heavy (non-hydrogen) atoms. The Morgan fingerprint density at radius 1 is 1.40 bits per heavy atom. The third-order valence-electron chi connectivity index (χ3n) is 1.14. The zero-order valence-corrected chi connectivity index (χ0v) is 7.36. The van der Waals surface area contributed by atoms with E-state index in [4.69, 9.17) is 0 Å². The van der Waals surface area contributed by atoms with Gasteiger partial charge < -0.3 is 5.32 Å². The van der Waals surface area contributed by atoms with Crippen LogP contribution in [0.4, 0.5) is 0 Å². The van der Waals surface area contributed by atoms with E-state index in [1.165, 1.54) is 11.3 Å². The van der Waals surface area contributed by atoms with Gasteiger partial charge in [-0.25, -0.2) is 0 Å². The molecule has 0 aromatic rings. The lowest BCUT2D eigenvalue weighted by atomic mass is 10.2. The Morgan fingerprint density at radius 3 is 2.30 bits per heavy atom. The molecule has 0 aromatic carbocycles. The van der Waals surface area contributed by atoms with Gasteiger partial charge in [-0.2, -0.15) is 0 Å². The Morgan fingerprint density at radius 2 is 2.00 bits per heavy atom. The Bertz CT molecular complexity index is 139. The molecule has 0 bridgehead atoms. The van der Waals surface area contributed by atoms with Gasteiger partial charge in [0.05, 0.1) is 0 Å². The first kappa shape index (κ1) is 9.28. The molecule has 0 aliphatic heterocycles. The number of allylic oxidation sites excluding steroid dienone is 3. The van der Waals surface area contributed by atoms with Gasteiger partial charge >= 0.3 is 0 Å². The molecule has 0 unspecified atom stereocenters. The number of likely N-dealkylation sites (N-methyl/N-ethyl adjacent to an activating group) is 1. The zero-order valence-electron chi connectivity index (χ0n) is 7.36. The summed E-state index contributed by atoms with van der Waals surface area (Å²) in [5.41, 5.74) is 2.54. The number of hydrogen-bond donors (Lipinski definition) is 1. The van der Waals surface area contributed by atoms with Crippen LogP contribution in [0.5, 0.6) is 0 Å². The average molecular weight is 139 g/mol. The topological polar surface area (TPSA) is 12.0 Å². The molecule has 0 aromatic heterocycles. The van der Waals surface area contributed by atoms with Gasteiger partial charge in [0.15, 0.2) is 0 Å². The van der Waals surface area contributed by atoms with E-state index < -0.39 is 0 Å². The number of hydrogen-bond acceptors (Lipinski definition) is 1. The Hall–Kier alpha value is -0.720. The zero-order chi connectivity index (χ0) is 7.98. The maximum absolute atomic E-state index is 3.25. The third kappa shape index (κ3) is 4.19. The minimum atomic E-state index is 0.990. The van der Waals surface area contributed by atoms with Gasteiger partial charge in [0.25, 0.3) is 0 Å². The lowest BCUT2D eigenvalue weighted by Crippen LogP contribution is -2.09. The molecular formula is C9H17N. The van der Waals surface area contributed by atoms with Crippen LogP contribution in [-0.2, 0) is 0 Å². The molecule has 0 aliphatic rings. The van der Waals surface area contributed by atoms with Gasteiger partial charge in [-0.1, -0.05) is 11.6 Å². The van der Waals surface area contributed by atoms with E-state index in [1.54, 1.807) is 0 Å². The van der Waals surface area contributed by atoms with Crippen molar-refractivity contribution >= 4 is 0 Å². The van der Waals surface area contributed by atoms with Gasteiger partial charge in [0.2, 0.25) is 0 Å². The standard InChI is InChI=1S/C9H17N/c1-5-9(10-6-2)7-8(3)4/h5,7,10H,6H2,1-4H3/b9-5+. The van der Waals surface area contributed by atoms with Crippen molar-refractivity contribution in [2.24, 2.45) is 0 Å². The van der Waals surface area contributed by atoms with Gasteiger partial charge in [-0.3, -0.25) is 0 Å². The first-order valence-corrected chi connectivity index (χ1v) is 3.75. The number of nitrogens with one attached hydrogen (secondary N) is 1. The summed E-state index contributed by atoms with van der Waals surface area (Å²) in [4.78, 5) is 0. The quantitative estimate of drug-likeness (QED) is 0.592. The Kier molecular flexibility index (Phi) is 4.73. The molecule has 0 saturated heterocycles. The summed E-state index contributed by atoms with van der Waals surface area (Å²) in [6, 6.07) is 0. The summed E-state index contributed by atoms with van der Waals surface area (Å²) in [5.74, 6) is 0. The van der Waals surface area contributed by atoms with Crippen LogP contribution in [0.2, 0.25) is 0 Å². The summed E-state index contributed by atoms with van der Waals surface area (Å²) >= 11 is 0. The minimum absolute atomic E-state index is 0.990. The fraction of sp³-hybridized carbons (Fsp3) is 0.556. The second kappa shape index (κ2) is 5.10. The molecular weight excluding hydrogens is 122 g/mol. The van der Waals surface area contributed by atoms with E-state index in [-0.39, 0.29) is 0 Å². The maximum Gasteiger partial charge on any atom is 0.0296 e. The molecule has 0 saturated carbocycles. The smallest absolute Gasteiger partial charge is 0.0296 e. The summed E-state index contributed by atoms with van der Waals surface area (Å²) in [7, 11) is 0. The monoisotopic (exact) mass is 139 g/mol. The summed E-state index contributed by atoms with van der Waals surface area (Å²) in [5, 5.41) is 3.25. The molecule has 0 rings (SSSR count). The van der Waals surface area contributed by atoms with Crippen LogP contribution >= 0.6 is 0 Å². The second-order valence-electron chi connectivity index (χ2n) is 2.50. The van der Waals surface area contributed by atoms with E-state index in [1.807, 2.05) is 6.92 Å². The largest absolute Gasteiger partial charge is 0.386 e. The van der Waals surface area contributed by atoms with Crippen molar-refractivity contribution in [2.45, 2.75) is 27.7 Å². The molecule has 0 fully saturated rings. The van der Waals surface area contributed by atoms with Crippen molar-refractivity contribution in [1.29, 1.82) is 0 Å². The van der Waals surface area contributed by atoms with Crippen molar-refractivity contribution in [3.63, 3.8) is 0 Å². The number of rotatable bonds is 3. The second-order valence-corrected chi connectivity index (χ2v) is 2.50. The molecule has 0 radical (unpaired) electrons. The first-order chi connectivity index (χ1) is 4.70. The molecule has 58 valence electrons. The van der Waals surface area contributed by atoms with E-state index in [0.717, 1.165) is 6.54 Å². The Balaban J connectivity index is 3.98. The minimum Gasteiger partial charge on any atom is -0.386 e. The van der Waals surface area contributed by atoms with E-state index in [2.05, 4.69) is 38.2 Å². The van der Waals surface area contributed by atoms with Crippen LogP contribution in [0.25, 0.3) is 0 Å². The molecule has 0 amide bonds. The van der Waals surface area contributed by atoms with Crippen LogP contribution < -0.4 is 5.32 Å². The van der Waals surface area contributed by atoms with Gasteiger partial charge in [0, 0.05) is 12.2 Å². The predicted molar refractivity (Wildman–Crippen MR) is 46.9 cm³/mol. The Labute approximate surface area is 63.8 Å². The molecule has 0 heterocycles. The normalized spacial score (nSPS) is 11.0. The van der Waals surface area contributed by atoms with Crippen molar-refractivity contribution in [3.8, 4) is 0 Å². The van der Waals surface area contributed by atoms with E-state index in [9.17, 15) is 0 Å². The van der Waals surface area contributed by atoms with Crippen LogP contribution in [0, 0.1) is 0 Å². The molecule has 0 atom stereocenters. The maximum atomic E-state index is 3.25. The van der Waals surface area contributed by atoms with Crippen LogP contribution in [-0.4, -0.2) is 6.54 Å². The third-order valence-corrected chi connectivity index (χ3v) is 1.14. The highest BCUT2D eigenvalue weighted by Crippen LogP contribution is 1.96. The fourth-order valence-electron chi connectivity index (χ4n) is 0.752. The highest BCUT2D eigenvalue weighted by Gasteiger charge is 1.85. The van der Waals surface area contributed by atoms with Crippen molar-refractivity contribution in [2.75, 3.05) is 6.54 Å². The SMILES string of the molecule is C/C=C(\C=C(C)C)NCC. The summed E-state index contributed by atoms with van der Waals surface area (Å²) in [6.07, 6.45) is 4.22. The van der Waals surface area contributed by atoms with Crippen molar-refractivity contribution in [3.05, 3.63) is 23.4 Å². The van der Waals surface area contributed by atoms with Crippen LogP contribution in [0.15, 0.2) is 23.4 Å². The lowest BCUT2D eigenvalue weighted by Gasteiger charge is -2.02. The van der Waals surface area contributed by atoms with Crippen LogP contribution in [0.1, 0.15) is 27.7 Å². The first-order valence-electron chi connectivity index (χ1n) is 3.75. The van der Waals surface area contributed by atoms with Gasteiger partial charge in [0.1, 0.15) is 0 Å². The highest BCUT2D eigenvalue weighted by atomic mass is 14.9. The summed E-state index contributed by atoms with van der Waals surface area (Å²) < 4.78 is 0. The molecule has 1 heteroatoms. The fourth-order valence-corrected chi connectivity index (χ4v) is 0.752. The lowest BCUT2D eigenvalue weighted by molar-refractivity contribution is 0.873. The average Bonchev–Trinajstić information content (AvgIpc) is 1.86.